The zero-order valence-electron chi connectivity index (χ0n) is 16.1. The van der Waals surface area contributed by atoms with Gasteiger partial charge in [0.2, 0.25) is 10.0 Å². The fourth-order valence-electron chi connectivity index (χ4n) is 3.25. The predicted molar refractivity (Wildman–Crippen MR) is 101 cm³/mol. The van der Waals surface area contributed by atoms with Crippen molar-refractivity contribution >= 4 is 16.0 Å². The van der Waals surface area contributed by atoms with Crippen LogP contribution in [0.25, 0.3) is 0 Å². The molecule has 28 heavy (non-hydrogen) atoms. The summed E-state index contributed by atoms with van der Waals surface area (Å²) >= 11 is 0. The largest absolute Gasteiger partial charge is 0.490 e. The minimum absolute atomic E-state index is 0.175. The third-order valence-electron chi connectivity index (χ3n) is 4.82. The van der Waals surface area contributed by atoms with E-state index in [-0.39, 0.29) is 36.5 Å². The predicted octanol–water partition coefficient (Wildman–Crippen LogP) is 1.83. The van der Waals surface area contributed by atoms with Crippen molar-refractivity contribution in [3.05, 3.63) is 18.2 Å². The van der Waals surface area contributed by atoms with Gasteiger partial charge in [-0.15, -0.1) is 0 Å². The van der Waals surface area contributed by atoms with E-state index in [0.717, 1.165) is 6.42 Å². The van der Waals surface area contributed by atoms with E-state index in [9.17, 15) is 13.2 Å². The summed E-state index contributed by atoms with van der Waals surface area (Å²) in [5.74, 6) is 0.445. The van der Waals surface area contributed by atoms with Crippen molar-refractivity contribution in [3.8, 4) is 11.5 Å². The minimum atomic E-state index is -3.66. The van der Waals surface area contributed by atoms with E-state index in [2.05, 4.69) is 0 Å². The molecule has 2 aliphatic heterocycles. The first-order chi connectivity index (χ1) is 13.5. The molecular weight excluding hydrogens is 386 g/mol. The van der Waals surface area contributed by atoms with Crippen LogP contribution in [0.2, 0.25) is 0 Å². The Balaban J connectivity index is 1.59. The summed E-state index contributed by atoms with van der Waals surface area (Å²) in [5, 5.41) is 0. The van der Waals surface area contributed by atoms with Crippen LogP contribution in [-0.4, -0.2) is 64.8 Å². The standard InChI is InChI=1S/C19H27NO7S/c1-2-24-12-13-27-19(21)15-6-8-20(9-7-15)28(22,23)16-4-5-17-18(14-16)26-11-3-10-25-17/h4-5,14-15H,2-3,6-13H2,1H3. The number of hydrogen-bond acceptors (Lipinski definition) is 7. The SMILES string of the molecule is CCOCCOC(=O)C1CCN(S(=O)(=O)c2ccc3c(c2)OCCCO3)CC1. The molecule has 1 aromatic carbocycles. The Bertz CT molecular complexity index is 772. The highest BCUT2D eigenvalue weighted by Crippen LogP contribution is 2.33. The normalized spacial score (nSPS) is 18.5. The first-order valence-electron chi connectivity index (χ1n) is 9.66. The zero-order valence-corrected chi connectivity index (χ0v) is 16.9. The van der Waals surface area contributed by atoms with Gasteiger partial charge in [0.15, 0.2) is 11.5 Å². The smallest absolute Gasteiger partial charge is 0.309 e. The quantitative estimate of drug-likeness (QED) is 0.497. The van der Waals surface area contributed by atoms with Crippen LogP contribution in [0.1, 0.15) is 26.2 Å². The number of rotatable bonds is 7. The highest BCUT2D eigenvalue weighted by atomic mass is 32.2. The molecule has 1 aromatic rings. The molecule has 0 atom stereocenters. The van der Waals surface area contributed by atoms with Crippen LogP contribution in [-0.2, 0) is 24.3 Å². The van der Waals surface area contributed by atoms with Gasteiger partial charge in [-0.3, -0.25) is 4.79 Å². The van der Waals surface area contributed by atoms with Crippen LogP contribution in [0, 0.1) is 5.92 Å². The third-order valence-corrected chi connectivity index (χ3v) is 6.71. The van der Waals surface area contributed by atoms with Gasteiger partial charge < -0.3 is 18.9 Å². The molecule has 0 aromatic heterocycles. The van der Waals surface area contributed by atoms with Gasteiger partial charge in [-0.25, -0.2) is 8.42 Å². The Labute approximate surface area is 165 Å². The van der Waals surface area contributed by atoms with Crippen LogP contribution in [0.3, 0.4) is 0 Å². The second kappa shape index (κ2) is 9.58. The van der Waals surface area contributed by atoms with Gasteiger partial charge >= 0.3 is 5.97 Å². The van der Waals surface area contributed by atoms with E-state index in [1.54, 1.807) is 6.07 Å². The Morgan fingerprint density at radius 1 is 1.14 bits per heavy atom. The van der Waals surface area contributed by atoms with Crippen molar-refractivity contribution in [1.82, 2.24) is 4.31 Å². The number of carbonyl (C=O) groups excluding carboxylic acids is 1. The lowest BCUT2D eigenvalue weighted by Crippen LogP contribution is -2.40. The maximum atomic E-state index is 13.0. The number of sulfonamides is 1. The van der Waals surface area contributed by atoms with Gasteiger partial charge in [0, 0.05) is 32.2 Å². The first kappa shape index (κ1) is 20.9. The Morgan fingerprint density at radius 3 is 2.57 bits per heavy atom. The van der Waals surface area contributed by atoms with Crippen LogP contribution >= 0.6 is 0 Å². The van der Waals surface area contributed by atoms with Gasteiger partial charge in [-0.1, -0.05) is 0 Å². The molecule has 1 fully saturated rings. The molecule has 156 valence electrons. The second-order valence-electron chi connectivity index (χ2n) is 6.70. The van der Waals surface area contributed by atoms with Crippen molar-refractivity contribution in [1.29, 1.82) is 0 Å². The van der Waals surface area contributed by atoms with E-state index >= 15 is 0 Å². The van der Waals surface area contributed by atoms with Gasteiger partial charge in [-0.2, -0.15) is 4.31 Å². The summed E-state index contributed by atoms with van der Waals surface area (Å²) in [7, 11) is -3.66. The van der Waals surface area contributed by atoms with E-state index in [0.29, 0.717) is 50.8 Å². The number of nitrogens with zero attached hydrogens (tertiary/aromatic N) is 1. The second-order valence-corrected chi connectivity index (χ2v) is 8.64. The highest BCUT2D eigenvalue weighted by Gasteiger charge is 2.33. The lowest BCUT2D eigenvalue weighted by atomic mass is 9.98. The molecule has 0 spiro atoms. The Morgan fingerprint density at radius 2 is 1.86 bits per heavy atom. The van der Waals surface area contributed by atoms with E-state index in [1.165, 1.54) is 16.4 Å². The molecule has 1 saturated heterocycles. The van der Waals surface area contributed by atoms with Crippen molar-refractivity contribution in [2.75, 3.05) is 46.1 Å². The third kappa shape index (κ3) is 4.95. The van der Waals surface area contributed by atoms with Crippen LogP contribution < -0.4 is 9.47 Å². The summed E-state index contributed by atoms with van der Waals surface area (Å²) in [4.78, 5) is 12.3. The number of benzene rings is 1. The lowest BCUT2D eigenvalue weighted by Gasteiger charge is -2.30. The monoisotopic (exact) mass is 413 g/mol. The Hall–Kier alpha value is -1.84. The average Bonchev–Trinajstić information content (AvgIpc) is 2.96. The number of esters is 1. The summed E-state index contributed by atoms with van der Waals surface area (Å²) < 4.78 is 48.9. The Kier molecular flexibility index (Phi) is 7.14. The first-order valence-corrected chi connectivity index (χ1v) is 11.1. The molecule has 0 amide bonds. The van der Waals surface area contributed by atoms with E-state index in [1.807, 2.05) is 6.92 Å². The maximum absolute atomic E-state index is 13.0. The number of ether oxygens (including phenoxy) is 4. The molecule has 3 rings (SSSR count). The molecule has 8 nitrogen and oxygen atoms in total. The number of hydrogen-bond donors (Lipinski definition) is 0. The fourth-order valence-corrected chi connectivity index (χ4v) is 4.73. The molecular formula is C19H27NO7S. The fraction of sp³-hybridized carbons (Fsp3) is 0.632. The molecule has 0 radical (unpaired) electrons. The van der Waals surface area contributed by atoms with Crippen molar-refractivity contribution in [3.63, 3.8) is 0 Å². The molecule has 0 saturated carbocycles. The molecule has 2 aliphatic rings. The van der Waals surface area contributed by atoms with E-state index in [4.69, 9.17) is 18.9 Å². The molecule has 0 unspecified atom stereocenters. The topological polar surface area (TPSA) is 91.4 Å². The number of carbonyl (C=O) groups is 1. The van der Waals surface area contributed by atoms with Gasteiger partial charge in [-0.05, 0) is 31.9 Å². The van der Waals surface area contributed by atoms with Crippen molar-refractivity contribution < 1.29 is 32.2 Å². The zero-order chi connectivity index (χ0) is 20.0. The molecule has 9 heteroatoms. The minimum Gasteiger partial charge on any atom is -0.490 e. The summed E-state index contributed by atoms with van der Waals surface area (Å²) in [6.45, 7) is 4.65. The molecule has 0 N–H and O–H groups in total. The average molecular weight is 413 g/mol. The van der Waals surface area contributed by atoms with Crippen LogP contribution in [0.5, 0.6) is 11.5 Å². The molecule has 0 aliphatic carbocycles. The molecule has 0 bridgehead atoms. The molecule has 2 heterocycles. The van der Waals surface area contributed by atoms with Gasteiger partial charge in [0.05, 0.1) is 30.6 Å². The van der Waals surface area contributed by atoms with Gasteiger partial charge in [0.1, 0.15) is 6.61 Å². The van der Waals surface area contributed by atoms with Gasteiger partial charge in [0.25, 0.3) is 0 Å². The van der Waals surface area contributed by atoms with Crippen molar-refractivity contribution in [2.45, 2.75) is 31.1 Å². The maximum Gasteiger partial charge on any atom is 0.309 e. The summed E-state index contributed by atoms with van der Waals surface area (Å²) in [5.41, 5.74) is 0. The summed E-state index contributed by atoms with van der Waals surface area (Å²) in [6, 6.07) is 4.69. The number of fused-ring (bicyclic) bond motifs is 1. The van der Waals surface area contributed by atoms with Crippen LogP contribution in [0.15, 0.2) is 23.1 Å². The van der Waals surface area contributed by atoms with E-state index < -0.39 is 10.0 Å². The van der Waals surface area contributed by atoms with Crippen LogP contribution in [0.4, 0.5) is 0 Å². The number of piperidine rings is 1. The highest BCUT2D eigenvalue weighted by molar-refractivity contribution is 7.89. The lowest BCUT2D eigenvalue weighted by molar-refractivity contribution is -0.151. The summed E-state index contributed by atoms with van der Waals surface area (Å²) in [6.07, 6.45) is 1.64. The van der Waals surface area contributed by atoms with Crippen molar-refractivity contribution in [2.24, 2.45) is 5.92 Å².